The molecule has 0 spiro atoms. The Morgan fingerprint density at radius 1 is 1.09 bits per heavy atom. The molecule has 23 heavy (non-hydrogen) atoms. The van der Waals surface area contributed by atoms with Crippen LogP contribution in [-0.4, -0.2) is 9.52 Å². The fourth-order valence-corrected chi connectivity index (χ4v) is 11.3. The van der Waals surface area contributed by atoms with Crippen LogP contribution in [0.2, 0.25) is 26.0 Å². The van der Waals surface area contributed by atoms with Crippen molar-refractivity contribution >= 4 is 14.7 Å². The van der Waals surface area contributed by atoms with E-state index in [1.165, 1.54) is 37.3 Å². The van der Waals surface area contributed by atoms with Crippen LogP contribution >= 0.6 is 0 Å². The second-order valence-electron chi connectivity index (χ2n) is 8.63. The zero-order valence-corrected chi connectivity index (χ0v) is 18.6. The van der Waals surface area contributed by atoms with Gasteiger partial charge in [-0.15, -0.1) is 0 Å². The van der Waals surface area contributed by atoms with Crippen molar-refractivity contribution in [3.05, 3.63) is 52.1 Å². The Hall–Kier alpha value is -0.369. The standard InChI is InChI=1S/C18H23Si.3CH3.Ti/c1-13-6-5-9-18(14(13)2)19-12-15-10-16-7-3-4-8-17(16)11-15;;;;/h5-6,9-11H,3-4,7-8,12,19H2,1-2H3;3*1H3;. The fraction of sp³-hybridized carbons (Fsp3) is 0.524. The molecule has 3 rings (SSSR count). The summed E-state index contributed by atoms with van der Waals surface area (Å²) in [6.07, 6.45) is 8.27. The molecule has 0 fully saturated rings. The maximum absolute atomic E-state index is 2.66. The Balaban J connectivity index is 1.81. The third-order valence-corrected chi connectivity index (χ3v) is 11.9. The van der Waals surface area contributed by atoms with Gasteiger partial charge in [-0.25, -0.2) is 0 Å². The first kappa shape index (κ1) is 17.5. The predicted molar refractivity (Wildman–Crippen MR) is 104 cm³/mol. The zero-order chi connectivity index (χ0) is 16.6. The van der Waals surface area contributed by atoms with Crippen molar-refractivity contribution in [3.8, 4) is 0 Å². The first-order valence-electron chi connectivity index (χ1n) is 9.35. The van der Waals surface area contributed by atoms with Crippen molar-refractivity contribution in [2.24, 2.45) is 0 Å². The Morgan fingerprint density at radius 2 is 1.83 bits per heavy atom. The average Bonchev–Trinajstić information content (AvgIpc) is 2.87. The molecule has 1 atom stereocenters. The van der Waals surface area contributed by atoms with Crippen LogP contribution in [-0.2, 0) is 16.6 Å². The number of aryl methyl sites for hydroxylation is 1. The minimum atomic E-state index is -1.70. The summed E-state index contributed by atoms with van der Waals surface area (Å²) in [4.78, 5) is 0. The molecule has 0 amide bonds. The van der Waals surface area contributed by atoms with E-state index >= 15 is 0 Å². The van der Waals surface area contributed by atoms with E-state index in [9.17, 15) is 0 Å². The van der Waals surface area contributed by atoms with Gasteiger partial charge in [-0.05, 0) is 0 Å². The molecule has 0 N–H and O–H groups in total. The molecule has 1 aromatic carbocycles. The van der Waals surface area contributed by atoms with Gasteiger partial charge in [0.25, 0.3) is 0 Å². The van der Waals surface area contributed by atoms with Crippen molar-refractivity contribution in [1.82, 2.24) is 0 Å². The Kier molecular flexibility index (Phi) is 5.21. The summed E-state index contributed by atoms with van der Waals surface area (Å²) >= 11 is -1.70. The van der Waals surface area contributed by atoms with Gasteiger partial charge >= 0.3 is 149 Å². The van der Waals surface area contributed by atoms with Crippen molar-refractivity contribution in [2.45, 2.75) is 65.5 Å². The molecule has 0 radical (unpaired) electrons. The van der Waals surface area contributed by atoms with Gasteiger partial charge in [-0.1, -0.05) is 0 Å². The SMILES string of the molecule is Cc1cccc([SiH2]CC2=CC3=C(CCCC3)[CH]2[Ti]([CH3])([CH3])[CH3])c1C. The molecule has 0 aromatic heterocycles. The first-order valence-corrected chi connectivity index (χ1v) is 16.6. The number of allylic oxidation sites excluding steroid dienone is 4. The molecule has 2 aliphatic rings. The van der Waals surface area contributed by atoms with Gasteiger partial charge in [-0.3, -0.25) is 0 Å². The van der Waals surface area contributed by atoms with E-state index in [0.717, 1.165) is 4.22 Å². The van der Waals surface area contributed by atoms with Crippen LogP contribution in [0.15, 0.2) is 41.0 Å². The molecule has 0 nitrogen and oxygen atoms in total. The van der Waals surface area contributed by atoms with Gasteiger partial charge in [0.2, 0.25) is 0 Å². The average molecular weight is 360 g/mol. The molecule has 0 saturated heterocycles. The molecule has 0 aliphatic heterocycles. The number of benzene rings is 1. The summed E-state index contributed by atoms with van der Waals surface area (Å²) in [5.74, 6) is 0. The summed E-state index contributed by atoms with van der Waals surface area (Å²) in [6, 6.07) is 8.32. The summed E-state index contributed by atoms with van der Waals surface area (Å²) in [5.41, 5.74) is 8.51. The molecule has 1 unspecified atom stereocenters. The van der Waals surface area contributed by atoms with E-state index < -0.39 is 16.6 Å². The summed E-state index contributed by atoms with van der Waals surface area (Å²) in [7, 11) is -0.186. The van der Waals surface area contributed by atoms with Crippen LogP contribution in [0.3, 0.4) is 0 Å². The third-order valence-electron chi connectivity index (χ3n) is 5.90. The van der Waals surface area contributed by atoms with E-state index in [1.807, 2.05) is 11.1 Å². The Bertz CT molecular complexity index is 661. The number of hydrogen-bond acceptors (Lipinski definition) is 0. The molecule has 2 aliphatic carbocycles. The first-order chi connectivity index (χ1) is 10.9. The van der Waals surface area contributed by atoms with E-state index in [2.05, 4.69) is 53.8 Å². The van der Waals surface area contributed by atoms with Gasteiger partial charge in [0.05, 0.1) is 0 Å². The van der Waals surface area contributed by atoms with Crippen LogP contribution in [0.1, 0.15) is 36.8 Å². The molecular weight excluding hydrogens is 328 g/mol. The van der Waals surface area contributed by atoms with Crippen LogP contribution in [0.5, 0.6) is 0 Å². The second kappa shape index (κ2) is 6.86. The summed E-state index contributed by atoms with van der Waals surface area (Å²) < 4.78 is 0.905. The van der Waals surface area contributed by atoms with Gasteiger partial charge in [-0.2, -0.15) is 0 Å². The van der Waals surface area contributed by atoms with Gasteiger partial charge in [0.15, 0.2) is 0 Å². The van der Waals surface area contributed by atoms with Crippen molar-refractivity contribution in [3.63, 3.8) is 0 Å². The van der Waals surface area contributed by atoms with Crippen LogP contribution < -0.4 is 5.19 Å². The molecule has 0 bridgehead atoms. The van der Waals surface area contributed by atoms with Crippen molar-refractivity contribution in [1.29, 1.82) is 0 Å². The molecule has 0 heterocycles. The second-order valence-corrected chi connectivity index (χ2v) is 18.7. The van der Waals surface area contributed by atoms with Crippen LogP contribution in [0.4, 0.5) is 0 Å². The van der Waals surface area contributed by atoms with E-state index in [0.29, 0.717) is 0 Å². The monoisotopic (exact) mass is 360 g/mol. The molecule has 0 saturated carbocycles. The number of hydrogen-bond donors (Lipinski definition) is 0. The van der Waals surface area contributed by atoms with Gasteiger partial charge in [0.1, 0.15) is 0 Å². The van der Waals surface area contributed by atoms with Gasteiger partial charge < -0.3 is 0 Å². The van der Waals surface area contributed by atoms with E-state index in [-0.39, 0.29) is 9.52 Å². The Labute approximate surface area is 148 Å². The van der Waals surface area contributed by atoms with Crippen LogP contribution in [0, 0.1) is 13.8 Å². The quantitative estimate of drug-likeness (QED) is 0.630. The predicted octanol–water partition coefficient (Wildman–Crippen LogP) is 5.41. The van der Waals surface area contributed by atoms with Crippen molar-refractivity contribution < 1.29 is 16.6 Å². The number of rotatable bonds is 4. The summed E-state index contributed by atoms with van der Waals surface area (Å²) in [6.45, 7) is 4.58. The zero-order valence-electron chi connectivity index (χ0n) is 15.6. The fourth-order valence-electron chi connectivity index (χ4n) is 4.63. The molecular formula is C21H32SiTi. The third kappa shape index (κ3) is 3.67. The molecule has 2 heteroatoms. The Morgan fingerprint density at radius 3 is 2.57 bits per heavy atom. The molecule has 124 valence electrons. The normalized spacial score (nSPS) is 22.0. The topological polar surface area (TPSA) is 0 Å². The van der Waals surface area contributed by atoms with E-state index in [1.54, 1.807) is 16.3 Å². The van der Waals surface area contributed by atoms with Gasteiger partial charge in [0, 0.05) is 0 Å². The maximum atomic E-state index is 2.66. The van der Waals surface area contributed by atoms with E-state index in [4.69, 9.17) is 0 Å². The van der Waals surface area contributed by atoms with Crippen molar-refractivity contribution in [2.75, 3.05) is 0 Å². The summed E-state index contributed by atoms with van der Waals surface area (Å²) in [5, 5.41) is 9.57. The molecule has 1 aromatic rings. The minimum absolute atomic E-state index is 0.186. The van der Waals surface area contributed by atoms with Crippen LogP contribution in [0.25, 0.3) is 0 Å².